The van der Waals surface area contributed by atoms with Gasteiger partial charge >= 0.3 is 0 Å². The standard InChI is InChI=1S/C19H27FN2O/c20-17-8-6-16(7-9-17)10-13-21-18(23)19(11-2-1-3-12-19)22-14-4-5-15-22/h6-9H,1-5,10-15H2,(H,21,23). The van der Waals surface area contributed by atoms with Crippen molar-refractivity contribution in [2.24, 2.45) is 0 Å². The second-order valence-electron chi connectivity index (χ2n) is 6.92. The zero-order chi connectivity index (χ0) is 16.1. The fraction of sp³-hybridized carbons (Fsp3) is 0.632. The highest BCUT2D eigenvalue weighted by atomic mass is 19.1. The van der Waals surface area contributed by atoms with E-state index in [1.54, 1.807) is 12.1 Å². The van der Waals surface area contributed by atoms with Crippen LogP contribution in [0, 0.1) is 5.82 Å². The van der Waals surface area contributed by atoms with Crippen LogP contribution in [0.25, 0.3) is 0 Å². The molecule has 1 aromatic rings. The monoisotopic (exact) mass is 318 g/mol. The summed E-state index contributed by atoms with van der Waals surface area (Å²) in [6.45, 7) is 2.75. The summed E-state index contributed by atoms with van der Waals surface area (Å²) in [5.74, 6) is -0.00538. The van der Waals surface area contributed by atoms with Crippen molar-refractivity contribution in [1.82, 2.24) is 10.2 Å². The van der Waals surface area contributed by atoms with Gasteiger partial charge in [-0.25, -0.2) is 4.39 Å². The number of nitrogens with one attached hydrogen (secondary N) is 1. The number of carbonyl (C=O) groups excluding carboxylic acids is 1. The van der Waals surface area contributed by atoms with Crippen molar-refractivity contribution in [3.05, 3.63) is 35.6 Å². The summed E-state index contributed by atoms with van der Waals surface area (Å²) >= 11 is 0. The predicted molar refractivity (Wildman–Crippen MR) is 89.7 cm³/mol. The maximum absolute atomic E-state index is 12.9. The smallest absolute Gasteiger partial charge is 0.240 e. The average molecular weight is 318 g/mol. The van der Waals surface area contributed by atoms with Crippen LogP contribution < -0.4 is 5.32 Å². The van der Waals surface area contributed by atoms with Crippen LogP contribution >= 0.6 is 0 Å². The minimum absolute atomic E-state index is 0.209. The average Bonchev–Trinajstić information content (AvgIpc) is 3.12. The summed E-state index contributed by atoms with van der Waals surface area (Å²) in [6, 6.07) is 6.53. The number of amides is 1. The molecule has 0 spiro atoms. The van der Waals surface area contributed by atoms with E-state index < -0.39 is 0 Å². The van der Waals surface area contributed by atoms with Crippen LogP contribution in [0.15, 0.2) is 24.3 Å². The van der Waals surface area contributed by atoms with Crippen LogP contribution in [-0.2, 0) is 11.2 Å². The lowest BCUT2D eigenvalue weighted by Crippen LogP contribution is -2.59. The summed E-state index contributed by atoms with van der Waals surface area (Å²) in [4.78, 5) is 15.4. The van der Waals surface area contributed by atoms with Crippen molar-refractivity contribution >= 4 is 5.91 Å². The Morgan fingerprint density at radius 1 is 1.04 bits per heavy atom. The molecule has 23 heavy (non-hydrogen) atoms. The maximum Gasteiger partial charge on any atom is 0.240 e. The predicted octanol–water partition coefficient (Wildman–Crippen LogP) is 3.28. The highest BCUT2D eigenvalue weighted by Crippen LogP contribution is 2.36. The highest BCUT2D eigenvalue weighted by molar-refractivity contribution is 5.86. The van der Waals surface area contributed by atoms with Crippen LogP contribution in [0.2, 0.25) is 0 Å². The van der Waals surface area contributed by atoms with Gasteiger partial charge in [-0.15, -0.1) is 0 Å². The third-order valence-corrected chi connectivity index (χ3v) is 5.43. The first kappa shape index (κ1) is 16.4. The van der Waals surface area contributed by atoms with Gasteiger partial charge in [-0.2, -0.15) is 0 Å². The van der Waals surface area contributed by atoms with Gasteiger partial charge in [0.25, 0.3) is 0 Å². The van der Waals surface area contributed by atoms with Gasteiger partial charge in [0.05, 0.1) is 0 Å². The van der Waals surface area contributed by atoms with Gasteiger partial charge in [0.15, 0.2) is 0 Å². The molecule has 1 N–H and O–H groups in total. The summed E-state index contributed by atoms with van der Waals surface area (Å²) in [7, 11) is 0. The first-order valence-corrected chi connectivity index (χ1v) is 8.98. The summed E-state index contributed by atoms with van der Waals surface area (Å²) in [6.07, 6.45) is 8.73. The van der Waals surface area contributed by atoms with Crippen molar-refractivity contribution in [2.45, 2.75) is 56.9 Å². The van der Waals surface area contributed by atoms with E-state index in [0.29, 0.717) is 6.54 Å². The highest BCUT2D eigenvalue weighted by Gasteiger charge is 2.45. The number of likely N-dealkylation sites (tertiary alicyclic amines) is 1. The first-order valence-electron chi connectivity index (χ1n) is 8.98. The summed E-state index contributed by atoms with van der Waals surface area (Å²) in [5, 5.41) is 3.16. The Morgan fingerprint density at radius 2 is 1.70 bits per heavy atom. The van der Waals surface area contributed by atoms with Crippen molar-refractivity contribution in [3.63, 3.8) is 0 Å². The molecule has 3 nitrogen and oxygen atoms in total. The molecule has 1 aliphatic heterocycles. The molecule has 1 aromatic carbocycles. The van der Waals surface area contributed by atoms with Crippen LogP contribution in [0.3, 0.4) is 0 Å². The van der Waals surface area contributed by atoms with Crippen molar-refractivity contribution in [2.75, 3.05) is 19.6 Å². The minimum Gasteiger partial charge on any atom is -0.354 e. The van der Waals surface area contributed by atoms with Crippen molar-refractivity contribution in [3.8, 4) is 0 Å². The van der Waals surface area contributed by atoms with Crippen molar-refractivity contribution < 1.29 is 9.18 Å². The Labute approximate surface area is 138 Å². The van der Waals surface area contributed by atoms with E-state index in [0.717, 1.165) is 50.8 Å². The second-order valence-corrected chi connectivity index (χ2v) is 6.92. The second kappa shape index (κ2) is 7.43. The van der Waals surface area contributed by atoms with E-state index in [1.165, 1.54) is 31.4 Å². The Morgan fingerprint density at radius 3 is 2.35 bits per heavy atom. The molecule has 1 aliphatic carbocycles. The Kier molecular flexibility index (Phi) is 5.31. The molecular weight excluding hydrogens is 291 g/mol. The van der Waals surface area contributed by atoms with E-state index in [9.17, 15) is 9.18 Å². The van der Waals surface area contributed by atoms with Gasteiger partial charge in [-0.1, -0.05) is 31.4 Å². The van der Waals surface area contributed by atoms with Crippen LogP contribution in [-0.4, -0.2) is 36.0 Å². The lowest BCUT2D eigenvalue weighted by atomic mass is 9.79. The number of benzene rings is 1. The zero-order valence-corrected chi connectivity index (χ0v) is 13.8. The normalized spacial score (nSPS) is 21.3. The molecule has 2 aliphatic rings. The number of hydrogen-bond acceptors (Lipinski definition) is 2. The molecule has 2 fully saturated rings. The molecule has 126 valence electrons. The first-order chi connectivity index (χ1) is 11.2. The molecule has 0 bridgehead atoms. The van der Waals surface area contributed by atoms with E-state index in [4.69, 9.17) is 0 Å². The maximum atomic E-state index is 12.9. The quantitative estimate of drug-likeness (QED) is 0.903. The van der Waals surface area contributed by atoms with E-state index in [2.05, 4.69) is 10.2 Å². The van der Waals surface area contributed by atoms with Gasteiger partial charge in [0, 0.05) is 6.54 Å². The molecule has 4 heteroatoms. The third-order valence-electron chi connectivity index (χ3n) is 5.43. The fourth-order valence-electron chi connectivity index (χ4n) is 4.10. The lowest BCUT2D eigenvalue weighted by molar-refractivity contribution is -0.135. The molecule has 1 saturated carbocycles. The van der Waals surface area contributed by atoms with Crippen LogP contribution in [0.4, 0.5) is 4.39 Å². The van der Waals surface area contributed by atoms with E-state index >= 15 is 0 Å². The number of halogens is 1. The SMILES string of the molecule is O=C(NCCc1ccc(F)cc1)C1(N2CCCC2)CCCCC1. The van der Waals surface area contributed by atoms with Crippen molar-refractivity contribution in [1.29, 1.82) is 0 Å². The fourth-order valence-corrected chi connectivity index (χ4v) is 4.10. The van der Waals surface area contributed by atoms with Gasteiger partial charge in [-0.05, 0) is 62.9 Å². The van der Waals surface area contributed by atoms with Gasteiger partial charge in [0.1, 0.15) is 11.4 Å². The molecule has 1 heterocycles. The molecule has 0 atom stereocenters. The topological polar surface area (TPSA) is 32.3 Å². The summed E-state index contributed by atoms with van der Waals surface area (Å²) in [5.41, 5.74) is 0.794. The lowest BCUT2D eigenvalue weighted by Gasteiger charge is -2.43. The molecule has 1 amide bonds. The Hall–Kier alpha value is -1.42. The van der Waals surface area contributed by atoms with Gasteiger partial charge in [0.2, 0.25) is 5.91 Å². The van der Waals surface area contributed by atoms with E-state index in [1.807, 2.05) is 0 Å². The molecular formula is C19H27FN2O. The molecule has 0 radical (unpaired) electrons. The number of nitrogens with zero attached hydrogens (tertiary/aromatic N) is 1. The number of rotatable bonds is 5. The third kappa shape index (κ3) is 3.74. The van der Waals surface area contributed by atoms with Crippen LogP contribution in [0.1, 0.15) is 50.5 Å². The molecule has 0 aromatic heterocycles. The van der Waals surface area contributed by atoms with E-state index in [-0.39, 0.29) is 17.3 Å². The number of carbonyl (C=O) groups is 1. The zero-order valence-electron chi connectivity index (χ0n) is 13.8. The minimum atomic E-state index is -0.266. The van der Waals surface area contributed by atoms with Crippen LogP contribution in [0.5, 0.6) is 0 Å². The molecule has 0 unspecified atom stereocenters. The molecule has 1 saturated heterocycles. The Balaban J connectivity index is 1.58. The van der Waals surface area contributed by atoms with Gasteiger partial charge < -0.3 is 5.32 Å². The molecule has 3 rings (SSSR count). The summed E-state index contributed by atoms with van der Waals surface area (Å²) < 4.78 is 12.9. The van der Waals surface area contributed by atoms with Gasteiger partial charge in [-0.3, -0.25) is 9.69 Å². The number of hydrogen-bond donors (Lipinski definition) is 1. The Bertz CT molecular complexity index is 517. The largest absolute Gasteiger partial charge is 0.354 e.